The third-order valence-corrected chi connectivity index (χ3v) is 6.94. The minimum atomic E-state index is -0.443. The molecule has 1 heterocycles. The number of imide groups is 1. The Bertz CT molecular complexity index is 1130. The van der Waals surface area contributed by atoms with Gasteiger partial charge in [-0.05, 0) is 66.9 Å². The lowest BCUT2D eigenvalue weighted by Gasteiger charge is -2.25. The predicted octanol–water partition coefficient (Wildman–Crippen LogP) is 5.47. The molecule has 2 aromatic rings. The van der Waals surface area contributed by atoms with E-state index < -0.39 is 11.7 Å². The molecule has 2 aromatic carbocycles. The van der Waals surface area contributed by atoms with Gasteiger partial charge in [0.2, 0.25) is 0 Å². The normalized spacial score (nSPS) is 17.7. The van der Waals surface area contributed by atoms with Crippen molar-refractivity contribution in [1.29, 1.82) is 0 Å². The molecule has 0 unspecified atom stereocenters. The summed E-state index contributed by atoms with van der Waals surface area (Å²) in [6.45, 7) is 0.120. The molecule has 0 spiro atoms. The summed E-state index contributed by atoms with van der Waals surface area (Å²) in [5.74, 6) is -0.138. The molecule has 1 aliphatic heterocycles. The van der Waals surface area contributed by atoms with Crippen LogP contribution in [0.5, 0.6) is 11.5 Å². The fraction of sp³-hybridized carbons (Fsp3) is 0.346. The van der Waals surface area contributed by atoms with Crippen LogP contribution in [0.1, 0.15) is 37.7 Å². The highest BCUT2D eigenvalue weighted by molar-refractivity contribution is 8.18. The van der Waals surface area contributed by atoms with E-state index in [1.807, 2.05) is 0 Å². The van der Waals surface area contributed by atoms with Crippen molar-refractivity contribution in [3.05, 3.63) is 58.8 Å². The number of anilines is 1. The zero-order valence-electron chi connectivity index (χ0n) is 19.4. The number of amides is 3. The number of ether oxygens (including phenoxy) is 2. The molecule has 3 amide bonds. The third-order valence-electron chi connectivity index (χ3n) is 6.03. The maximum Gasteiger partial charge on any atom is 0.293 e. The van der Waals surface area contributed by atoms with Crippen LogP contribution in [-0.2, 0) is 9.59 Å². The van der Waals surface area contributed by atoms with Gasteiger partial charge in [-0.1, -0.05) is 31.4 Å². The van der Waals surface area contributed by atoms with Gasteiger partial charge in [0.15, 0.2) is 18.1 Å². The zero-order chi connectivity index (χ0) is 24.8. The molecule has 1 N–H and O–H groups in total. The largest absolute Gasteiger partial charge is 0.493 e. The monoisotopic (exact) mass is 498 g/mol. The number of halogens is 1. The van der Waals surface area contributed by atoms with Crippen LogP contribution >= 0.6 is 11.8 Å². The smallest absolute Gasteiger partial charge is 0.293 e. The van der Waals surface area contributed by atoms with Crippen LogP contribution in [-0.4, -0.2) is 42.2 Å². The quantitative estimate of drug-likeness (QED) is 0.486. The van der Waals surface area contributed by atoms with Crippen LogP contribution in [0.15, 0.2) is 47.4 Å². The number of benzene rings is 2. The van der Waals surface area contributed by atoms with E-state index in [-0.39, 0.29) is 23.5 Å². The van der Waals surface area contributed by atoms with Gasteiger partial charge in [-0.2, -0.15) is 0 Å². The fourth-order valence-corrected chi connectivity index (χ4v) is 5.10. The summed E-state index contributed by atoms with van der Waals surface area (Å²) in [5.41, 5.74) is 0.953. The van der Waals surface area contributed by atoms with Crippen molar-refractivity contribution < 1.29 is 28.2 Å². The number of hydrogen-bond donors (Lipinski definition) is 1. The molecular weight excluding hydrogens is 471 g/mol. The maximum atomic E-state index is 13.1. The molecule has 2 fully saturated rings. The van der Waals surface area contributed by atoms with Gasteiger partial charge in [0.05, 0.1) is 12.0 Å². The number of thioether (sulfide) groups is 1. The van der Waals surface area contributed by atoms with E-state index in [2.05, 4.69) is 5.32 Å². The molecule has 9 heteroatoms. The van der Waals surface area contributed by atoms with Gasteiger partial charge < -0.3 is 14.8 Å². The Hall–Kier alpha value is -3.33. The molecule has 184 valence electrons. The Labute approximate surface area is 207 Å². The summed E-state index contributed by atoms with van der Waals surface area (Å²) in [6, 6.07) is 10.5. The highest BCUT2D eigenvalue weighted by Gasteiger charge is 2.36. The van der Waals surface area contributed by atoms with E-state index in [9.17, 15) is 18.8 Å². The van der Waals surface area contributed by atoms with E-state index in [1.165, 1.54) is 42.7 Å². The van der Waals surface area contributed by atoms with Gasteiger partial charge >= 0.3 is 0 Å². The first-order chi connectivity index (χ1) is 16.9. The van der Waals surface area contributed by atoms with Crippen LogP contribution in [0.3, 0.4) is 0 Å². The minimum Gasteiger partial charge on any atom is -0.493 e. The summed E-state index contributed by atoms with van der Waals surface area (Å²) >= 11 is 0.907. The molecule has 4 rings (SSSR count). The number of rotatable bonds is 8. The van der Waals surface area contributed by atoms with E-state index in [0.717, 1.165) is 37.4 Å². The lowest BCUT2D eigenvalue weighted by molar-refractivity contribution is -0.123. The SMILES string of the molecule is COc1cccc(/C=C2/SC(=O)N(CC3CCCCC3)C2=O)c1OCC(=O)Nc1ccc(F)cc1. The summed E-state index contributed by atoms with van der Waals surface area (Å²) in [5, 5.41) is 2.36. The number of para-hydroxylation sites is 1. The van der Waals surface area contributed by atoms with Crippen LogP contribution in [0, 0.1) is 11.7 Å². The summed E-state index contributed by atoms with van der Waals surface area (Å²) in [7, 11) is 1.47. The molecular formula is C26H27FN2O5S. The molecule has 1 saturated heterocycles. The van der Waals surface area contributed by atoms with Gasteiger partial charge in [-0.25, -0.2) is 4.39 Å². The van der Waals surface area contributed by atoms with Crippen LogP contribution in [0.2, 0.25) is 0 Å². The highest BCUT2D eigenvalue weighted by atomic mass is 32.2. The van der Waals surface area contributed by atoms with Crippen LogP contribution in [0.25, 0.3) is 6.08 Å². The van der Waals surface area contributed by atoms with E-state index in [4.69, 9.17) is 9.47 Å². The number of carbonyl (C=O) groups excluding carboxylic acids is 3. The standard InChI is InChI=1S/C26H27FN2O5S/c1-33-21-9-5-8-18(24(21)34-16-23(30)28-20-12-10-19(27)11-13-20)14-22-25(31)29(26(32)35-22)15-17-6-3-2-4-7-17/h5,8-14,17H,2-4,6-7,15-16H2,1H3,(H,28,30)/b22-14+. The first kappa shape index (κ1) is 24.8. The van der Waals surface area contributed by atoms with E-state index in [0.29, 0.717) is 34.4 Å². The molecule has 2 aliphatic rings. The van der Waals surface area contributed by atoms with Crippen molar-refractivity contribution in [3.63, 3.8) is 0 Å². The van der Waals surface area contributed by atoms with Crippen molar-refractivity contribution >= 4 is 40.6 Å². The van der Waals surface area contributed by atoms with Crippen molar-refractivity contribution in [1.82, 2.24) is 4.90 Å². The second kappa shape index (κ2) is 11.4. The minimum absolute atomic E-state index is 0.268. The van der Waals surface area contributed by atoms with Gasteiger partial charge in [-0.3, -0.25) is 19.3 Å². The second-order valence-electron chi connectivity index (χ2n) is 8.52. The Morgan fingerprint density at radius 3 is 2.60 bits per heavy atom. The number of carbonyl (C=O) groups is 3. The van der Waals surface area contributed by atoms with E-state index >= 15 is 0 Å². The van der Waals surface area contributed by atoms with Crippen LogP contribution < -0.4 is 14.8 Å². The van der Waals surface area contributed by atoms with Crippen LogP contribution in [0.4, 0.5) is 14.9 Å². The second-order valence-corrected chi connectivity index (χ2v) is 9.51. The Morgan fingerprint density at radius 2 is 1.89 bits per heavy atom. The summed E-state index contributed by atoms with van der Waals surface area (Å²) in [4.78, 5) is 39.6. The molecule has 0 aromatic heterocycles. The lowest BCUT2D eigenvalue weighted by Crippen LogP contribution is -2.34. The first-order valence-corrected chi connectivity index (χ1v) is 12.4. The molecule has 0 atom stereocenters. The molecule has 7 nitrogen and oxygen atoms in total. The topological polar surface area (TPSA) is 84.9 Å². The Kier molecular flexibility index (Phi) is 8.07. The molecule has 1 saturated carbocycles. The van der Waals surface area contributed by atoms with Gasteiger partial charge in [0, 0.05) is 17.8 Å². The van der Waals surface area contributed by atoms with Crippen molar-refractivity contribution in [3.8, 4) is 11.5 Å². The number of hydrogen-bond acceptors (Lipinski definition) is 6. The molecule has 35 heavy (non-hydrogen) atoms. The number of methoxy groups -OCH3 is 1. The predicted molar refractivity (Wildman–Crippen MR) is 133 cm³/mol. The molecule has 1 aliphatic carbocycles. The highest BCUT2D eigenvalue weighted by Crippen LogP contribution is 2.38. The van der Waals surface area contributed by atoms with Gasteiger partial charge in [-0.15, -0.1) is 0 Å². The van der Waals surface area contributed by atoms with Crippen molar-refractivity contribution in [2.45, 2.75) is 32.1 Å². The van der Waals surface area contributed by atoms with Gasteiger partial charge in [0.25, 0.3) is 17.1 Å². The zero-order valence-corrected chi connectivity index (χ0v) is 20.2. The average molecular weight is 499 g/mol. The third kappa shape index (κ3) is 6.22. The number of nitrogens with zero attached hydrogens (tertiary/aromatic N) is 1. The van der Waals surface area contributed by atoms with Gasteiger partial charge in [0.1, 0.15) is 5.82 Å². The Morgan fingerprint density at radius 1 is 1.14 bits per heavy atom. The molecule has 0 bridgehead atoms. The lowest BCUT2D eigenvalue weighted by atomic mass is 9.89. The van der Waals surface area contributed by atoms with Crippen molar-refractivity contribution in [2.75, 3.05) is 25.6 Å². The maximum absolute atomic E-state index is 13.1. The number of nitrogens with one attached hydrogen (secondary N) is 1. The van der Waals surface area contributed by atoms with Crippen molar-refractivity contribution in [2.24, 2.45) is 5.92 Å². The summed E-state index contributed by atoms with van der Waals surface area (Å²) < 4.78 is 24.2. The summed E-state index contributed by atoms with van der Waals surface area (Å²) in [6.07, 6.45) is 7.15. The average Bonchev–Trinajstić information content (AvgIpc) is 3.12. The first-order valence-electron chi connectivity index (χ1n) is 11.5. The molecule has 0 radical (unpaired) electrons. The fourth-order valence-electron chi connectivity index (χ4n) is 4.26. The Balaban J connectivity index is 1.47. The van der Waals surface area contributed by atoms with E-state index in [1.54, 1.807) is 24.3 Å².